The van der Waals surface area contributed by atoms with Gasteiger partial charge in [-0.1, -0.05) is 48.0 Å². The summed E-state index contributed by atoms with van der Waals surface area (Å²) in [5.74, 6) is 1.70. The molecule has 0 N–H and O–H groups in total. The van der Waals surface area contributed by atoms with Crippen LogP contribution in [0.15, 0.2) is 48.5 Å². The van der Waals surface area contributed by atoms with Crippen molar-refractivity contribution >= 4 is 11.6 Å². The van der Waals surface area contributed by atoms with Gasteiger partial charge in [-0.05, 0) is 73.3 Å². The van der Waals surface area contributed by atoms with E-state index in [1.54, 1.807) is 7.11 Å². The molecule has 2 fully saturated rings. The van der Waals surface area contributed by atoms with E-state index >= 15 is 0 Å². The number of benzene rings is 2. The number of hydrogen-bond donors (Lipinski definition) is 0. The third kappa shape index (κ3) is 5.64. The van der Waals surface area contributed by atoms with Gasteiger partial charge in [-0.3, -0.25) is 0 Å². The standard InChI is InChI=1S/C26H33ClO3/c1-28-16-2-3-19-17-29-26(30-18-19)24-10-8-22(9-11-24)20-4-6-21(7-5-20)23-12-14-25(27)15-13-23/h4-7,12-15,19,22,24,26H,2-3,8-11,16-18H2,1H3. The van der Waals surface area contributed by atoms with Crippen LogP contribution in [0.3, 0.4) is 0 Å². The van der Waals surface area contributed by atoms with Crippen molar-refractivity contribution in [1.29, 1.82) is 0 Å². The minimum atomic E-state index is -0.00286. The van der Waals surface area contributed by atoms with E-state index in [0.29, 0.717) is 17.8 Å². The summed E-state index contributed by atoms with van der Waals surface area (Å²) in [7, 11) is 1.76. The summed E-state index contributed by atoms with van der Waals surface area (Å²) in [6.45, 7) is 2.49. The van der Waals surface area contributed by atoms with Crippen molar-refractivity contribution in [3.05, 3.63) is 59.1 Å². The zero-order valence-electron chi connectivity index (χ0n) is 17.9. The molecule has 162 valence electrons. The molecule has 0 spiro atoms. The third-order valence-electron chi connectivity index (χ3n) is 6.67. The van der Waals surface area contributed by atoms with E-state index in [2.05, 4.69) is 36.4 Å². The quantitative estimate of drug-likeness (QED) is 0.459. The Morgan fingerprint density at radius 2 is 1.47 bits per heavy atom. The van der Waals surface area contributed by atoms with Gasteiger partial charge in [0.1, 0.15) is 0 Å². The highest BCUT2D eigenvalue weighted by molar-refractivity contribution is 6.30. The number of methoxy groups -OCH3 is 1. The molecule has 30 heavy (non-hydrogen) atoms. The maximum atomic E-state index is 6.10. The lowest BCUT2D eigenvalue weighted by Crippen LogP contribution is -2.38. The first kappa shape index (κ1) is 21.8. The molecule has 0 unspecified atom stereocenters. The molecule has 3 nitrogen and oxygen atoms in total. The number of hydrogen-bond acceptors (Lipinski definition) is 3. The second-order valence-corrected chi connectivity index (χ2v) is 9.21. The fourth-order valence-corrected chi connectivity index (χ4v) is 4.95. The Morgan fingerprint density at radius 3 is 2.07 bits per heavy atom. The van der Waals surface area contributed by atoms with Crippen LogP contribution < -0.4 is 0 Å². The molecule has 4 heteroatoms. The predicted octanol–water partition coefficient (Wildman–Crippen LogP) is 6.70. The molecule has 2 aromatic carbocycles. The van der Waals surface area contributed by atoms with Crippen LogP contribution in [-0.4, -0.2) is 33.2 Å². The van der Waals surface area contributed by atoms with Gasteiger partial charge in [-0.15, -0.1) is 0 Å². The summed E-state index contributed by atoms with van der Waals surface area (Å²) in [5, 5.41) is 0.777. The summed E-state index contributed by atoms with van der Waals surface area (Å²) in [6.07, 6.45) is 7.00. The fourth-order valence-electron chi connectivity index (χ4n) is 4.83. The minimum absolute atomic E-state index is 0.00286. The van der Waals surface area contributed by atoms with Crippen LogP contribution in [0.25, 0.3) is 11.1 Å². The lowest BCUT2D eigenvalue weighted by atomic mass is 9.78. The SMILES string of the molecule is COCCCC1COC(C2CCC(c3ccc(-c4ccc(Cl)cc4)cc3)CC2)OC1. The van der Waals surface area contributed by atoms with E-state index in [4.69, 9.17) is 25.8 Å². The lowest BCUT2D eigenvalue weighted by molar-refractivity contribution is -0.229. The molecule has 1 heterocycles. The number of rotatable bonds is 7. The number of halogens is 1. The van der Waals surface area contributed by atoms with Gasteiger partial charge in [-0.25, -0.2) is 0 Å². The molecule has 1 aliphatic heterocycles. The van der Waals surface area contributed by atoms with Crippen molar-refractivity contribution in [3.63, 3.8) is 0 Å². The molecule has 1 saturated carbocycles. The largest absolute Gasteiger partial charge is 0.385 e. The van der Waals surface area contributed by atoms with Crippen LogP contribution in [0.1, 0.15) is 50.0 Å². The fraction of sp³-hybridized carbons (Fsp3) is 0.538. The third-order valence-corrected chi connectivity index (χ3v) is 6.92. The van der Waals surface area contributed by atoms with Gasteiger partial charge < -0.3 is 14.2 Å². The van der Waals surface area contributed by atoms with Gasteiger partial charge in [0, 0.05) is 30.6 Å². The summed E-state index contributed by atoms with van der Waals surface area (Å²) in [4.78, 5) is 0. The van der Waals surface area contributed by atoms with Crippen LogP contribution in [0.2, 0.25) is 5.02 Å². The Hall–Kier alpha value is -1.39. The molecule has 0 atom stereocenters. The molecule has 0 aromatic heterocycles. The minimum Gasteiger partial charge on any atom is -0.385 e. The van der Waals surface area contributed by atoms with E-state index in [1.165, 1.54) is 42.4 Å². The molecule has 0 bridgehead atoms. The maximum absolute atomic E-state index is 6.10. The van der Waals surface area contributed by atoms with Crippen molar-refractivity contribution in [3.8, 4) is 11.1 Å². The molecule has 4 rings (SSSR count). The molecule has 1 saturated heterocycles. The first-order valence-corrected chi connectivity index (χ1v) is 11.7. The van der Waals surface area contributed by atoms with Gasteiger partial charge in [0.25, 0.3) is 0 Å². The Kier molecular flexibility index (Phi) is 7.83. The van der Waals surface area contributed by atoms with Gasteiger partial charge in [-0.2, -0.15) is 0 Å². The molecule has 0 radical (unpaired) electrons. The first-order valence-electron chi connectivity index (χ1n) is 11.3. The number of ether oxygens (including phenoxy) is 3. The normalized spacial score (nSPS) is 27.1. The second-order valence-electron chi connectivity index (χ2n) is 8.78. The monoisotopic (exact) mass is 428 g/mol. The topological polar surface area (TPSA) is 27.7 Å². The molecule has 1 aliphatic carbocycles. The molecular weight excluding hydrogens is 396 g/mol. The summed E-state index contributed by atoms with van der Waals surface area (Å²) in [6, 6.07) is 17.1. The van der Waals surface area contributed by atoms with E-state index in [-0.39, 0.29) is 6.29 Å². The van der Waals surface area contributed by atoms with Crippen LogP contribution >= 0.6 is 11.6 Å². The Morgan fingerprint density at radius 1 is 0.867 bits per heavy atom. The lowest BCUT2D eigenvalue weighted by Gasteiger charge is -2.37. The summed E-state index contributed by atoms with van der Waals surface area (Å²) >= 11 is 6.00. The Labute approximate surface area is 185 Å². The highest BCUT2D eigenvalue weighted by atomic mass is 35.5. The van der Waals surface area contributed by atoms with Crippen molar-refractivity contribution in [2.75, 3.05) is 26.9 Å². The van der Waals surface area contributed by atoms with Crippen molar-refractivity contribution < 1.29 is 14.2 Å². The van der Waals surface area contributed by atoms with E-state index in [9.17, 15) is 0 Å². The van der Waals surface area contributed by atoms with Gasteiger partial charge >= 0.3 is 0 Å². The van der Waals surface area contributed by atoms with E-state index in [0.717, 1.165) is 37.7 Å². The van der Waals surface area contributed by atoms with Gasteiger partial charge in [0.2, 0.25) is 0 Å². The Balaban J connectivity index is 1.24. The smallest absolute Gasteiger partial charge is 0.160 e. The summed E-state index contributed by atoms with van der Waals surface area (Å²) < 4.78 is 17.3. The molecule has 2 aromatic rings. The highest BCUT2D eigenvalue weighted by Gasteiger charge is 2.32. The van der Waals surface area contributed by atoms with Crippen molar-refractivity contribution in [2.45, 2.75) is 50.7 Å². The van der Waals surface area contributed by atoms with Gasteiger partial charge in [0.05, 0.1) is 13.2 Å². The zero-order chi connectivity index (χ0) is 20.8. The molecular formula is C26H33ClO3. The van der Waals surface area contributed by atoms with E-state index in [1.807, 2.05) is 12.1 Å². The first-order chi connectivity index (χ1) is 14.7. The zero-order valence-corrected chi connectivity index (χ0v) is 18.7. The van der Waals surface area contributed by atoms with E-state index < -0.39 is 0 Å². The average molecular weight is 429 g/mol. The summed E-state index contributed by atoms with van der Waals surface area (Å²) in [5.41, 5.74) is 3.91. The molecule has 2 aliphatic rings. The second kappa shape index (κ2) is 10.8. The van der Waals surface area contributed by atoms with Crippen LogP contribution in [0, 0.1) is 11.8 Å². The van der Waals surface area contributed by atoms with Crippen molar-refractivity contribution in [2.24, 2.45) is 11.8 Å². The maximum Gasteiger partial charge on any atom is 0.160 e. The van der Waals surface area contributed by atoms with Gasteiger partial charge in [0.15, 0.2) is 6.29 Å². The predicted molar refractivity (Wildman–Crippen MR) is 122 cm³/mol. The Bertz CT molecular complexity index is 758. The van der Waals surface area contributed by atoms with Crippen LogP contribution in [0.4, 0.5) is 0 Å². The van der Waals surface area contributed by atoms with Crippen LogP contribution in [-0.2, 0) is 14.2 Å². The highest BCUT2D eigenvalue weighted by Crippen LogP contribution is 2.39. The van der Waals surface area contributed by atoms with Crippen molar-refractivity contribution in [1.82, 2.24) is 0 Å². The average Bonchev–Trinajstić information content (AvgIpc) is 2.81. The molecule has 0 amide bonds. The van der Waals surface area contributed by atoms with Crippen LogP contribution in [0.5, 0.6) is 0 Å².